The van der Waals surface area contributed by atoms with Crippen LogP contribution in [-0.2, 0) is 0 Å². The summed E-state index contributed by atoms with van der Waals surface area (Å²) >= 11 is 0. The van der Waals surface area contributed by atoms with Crippen LogP contribution in [0.1, 0.15) is 33.6 Å². The lowest BCUT2D eigenvalue weighted by atomic mass is 9.80. The van der Waals surface area contributed by atoms with Crippen LogP contribution in [-0.4, -0.2) is 55.0 Å². The summed E-state index contributed by atoms with van der Waals surface area (Å²) in [5.41, 5.74) is 0.168. The van der Waals surface area contributed by atoms with E-state index in [4.69, 9.17) is 5.11 Å². The van der Waals surface area contributed by atoms with E-state index >= 15 is 0 Å². The topological polar surface area (TPSA) is 35.5 Å². The molecule has 1 saturated heterocycles. The number of likely N-dealkylation sites (tertiary alicyclic amines) is 1. The molecule has 2 atom stereocenters. The fourth-order valence-corrected chi connectivity index (χ4v) is 3.05. The summed E-state index contributed by atoms with van der Waals surface area (Å²) in [6.45, 7) is 7.54. The second-order valence-electron chi connectivity index (χ2n) is 7.04. The zero-order valence-electron chi connectivity index (χ0n) is 12.6. The monoisotopic (exact) mass is 296 g/mol. The molecule has 0 saturated carbocycles. The summed E-state index contributed by atoms with van der Waals surface area (Å²) in [4.78, 5) is 2.06. The van der Waals surface area contributed by atoms with Crippen molar-refractivity contribution in [3.63, 3.8) is 0 Å². The molecule has 1 aliphatic heterocycles. The van der Waals surface area contributed by atoms with Gasteiger partial charge >= 0.3 is 6.18 Å². The SMILES string of the molecule is CC(C)(C)CC1CC(NCC(F)(F)F)CN(CCO)C1. The maximum Gasteiger partial charge on any atom is 0.401 e. The highest BCUT2D eigenvalue weighted by Gasteiger charge is 2.33. The lowest BCUT2D eigenvalue weighted by Gasteiger charge is -2.40. The Hall–Kier alpha value is -0.330. The summed E-state index contributed by atoms with van der Waals surface area (Å²) in [5, 5.41) is 11.7. The quantitative estimate of drug-likeness (QED) is 0.817. The van der Waals surface area contributed by atoms with E-state index in [1.165, 1.54) is 0 Å². The first kappa shape index (κ1) is 17.7. The molecule has 0 spiro atoms. The average Bonchev–Trinajstić information content (AvgIpc) is 2.23. The third-order valence-corrected chi connectivity index (χ3v) is 3.52. The molecule has 6 heteroatoms. The number of hydrogen-bond acceptors (Lipinski definition) is 3. The predicted molar refractivity (Wildman–Crippen MR) is 73.6 cm³/mol. The molecule has 1 aliphatic rings. The molecule has 0 aromatic carbocycles. The van der Waals surface area contributed by atoms with Crippen LogP contribution in [0.2, 0.25) is 0 Å². The van der Waals surface area contributed by atoms with Crippen molar-refractivity contribution in [2.24, 2.45) is 11.3 Å². The molecule has 1 rings (SSSR count). The van der Waals surface area contributed by atoms with Gasteiger partial charge in [-0.05, 0) is 24.2 Å². The highest BCUT2D eigenvalue weighted by Crippen LogP contribution is 2.30. The fourth-order valence-electron chi connectivity index (χ4n) is 3.05. The predicted octanol–water partition coefficient (Wildman–Crippen LogP) is 2.26. The molecular formula is C14H27F3N2O. The number of aliphatic hydroxyl groups is 1. The van der Waals surface area contributed by atoms with Crippen molar-refractivity contribution in [3.8, 4) is 0 Å². The Morgan fingerprint density at radius 1 is 1.20 bits per heavy atom. The second kappa shape index (κ2) is 7.09. The number of aliphatic hydroxyl groups excluding tert-OH is 1. The van der Waals surface area contributed by atoms with Crippen LogP contribution in [0.15, 0.2) is 0 Å². The number of piperidine rings is 1. The first-order chi connectivity index (χ1) is 9.09. The minimum absolute atomic E-state index is 0.0498. The molecule has 0 aromatic heterocycles. The lowest BCUT2D eigenvalue weighted by Crippen LogP contribution is -2.52. The molecule has 0 aliphatic carbocycles. The third kappa shape index (κ3) is 7.45. The lowest BCUT2D eigenvalue weighted by molar-refractivity contribution is -0.127. The van der Waals surface area contributed by atoms with E-state index in [9.17, 15) is 13.2 Å². The van der Waals surface area contributed by atoms with Gasteiger partial charge in [0.15, 0.2) is 0 Å². The van der Waals surface area contributed by atoms with Crippen LogP contribution in [0.5, 0.6) is 0 Å². The van der Waals surface area contributed by atoms with Gasteiger partial charge in [0.1, 0.15) is 0 Å². The van der Waals surface area contributed by atoms with Crippen molar-refractivity contribution < 1.29 is 18.3 Å². The van der Waals surface area contributed by atoms with Gasteiger partial charge in [0.2, 0.25) is 0 Å². The third-order valence-electron chi connectivity index (χ3n) is 3.52. The van der Waals surface area contributed by atoms with E-state index < -0.39 is 12.7 Å². The van der Waals surface area contributed by atoms with Crippen molar-refractivity contribution in [2.45, 2.75) is 45.8 Å². The van der Waals surface area contributed by atoms with Crippen LogP contribution < -0.4 is 5.32 Å². The summed E-state index contributed by atoms with van der Waals surface area (Å²) < 4.78 is 36.9. The van der Waals surface area contributed by atoms with Crippen molar-refractivity contribution in [1.82, 2.24) is 10.2 Å². The summed E-state index contributed by atoms with van der Waals surface area (Å²) in [5.74, 6) is 0.376. The number of β-amino-alcohol motifs (C(OH)–C–C–N with tert-alkyl or cyclic N) is 1. The van der Waals surface area contributed by atoms with Crippen molar-refractivity contribution in [3.05, 3.63) is 0 Å². The smallest absolute Gasteiger partial charge is 0.395 e. The van der Waals surface area contributed by atoms with E-state index in [0.717, 1.165) is 19.4 Å². The average molecular weight is 296 g/mol. The molecule has 0 bridgehead atoms. The highest BCUT2D eigenvalue weighted by molar-refractivity contribution is 4.86. The molecule has 1 fully saturated rings. The maximum atomic E-state index is 12.3. The van der Waals surface area contributed by atoms with Crippen LogP contribution in [0, 0.1) is 11.3 Å². The minimum Gasteiger partial charge on any atom is -0.395 e. The number of halogens is 3. The normalized spacial score (nSPS) is 25.9. The Labute approximate surface area is 119 Å². The minimum atomic E-state index is -4.17. The summed E-state index contributed by atoms with van der Waals surface area (Å²) in [6.07, 6.45) is -2.41. The van der Waals surface area contributed by atoms with E-state index in [0.29, 0.717) is 19.0 Å². The van der Waals surface area contributed by atoms with Crippen LogP contribution in [0.25, 0.3) is 0 Å². The Morgan fingerprint density at radius 2 is 1.85 bits per heavy atom. The van der Waals surface area contributed by atoms with E-state index in [1.807, 2.05) is 0 Å². The fraction of sp³-hybridized carbons (Fsp3) is 1.00. The van der Waals surface area contributed by atoms with Gasteiger partial charge in [-0.3, -0.25) is 4.90 Å². The molecule has 3 nitrogen and oxygen atoms in total. The number of nitrogens with one attached hydrogen (secondary N) is 1. The van der Waals surface area contributed by atoms with Gasteiger partial charge in [0, 0.05) is 25.7 Å². The molecule has 20 heavy (non-hydrogen) atoms. The second-order valence-corrected chi connectivity index (χ2v) is 7.04. The molecule has 0 aromatic rings. The summed E-state index contributed by atoms with van der Waals surface area (Å²) in [6, 6.07) is -0.149. The Morgan fingerprint density at radius 3 is 2.35 bits per heavy atom. The van der Waals surface area contributed by atoms with Gasteiger partial charge in [-0.2, -0.15) is 13.2 Å². The Balaban J connectivity index is 2.56. The first-order valence-corrected chi connectivity index (χ1v) is 7.22. The van der Waals surface area contributed by atoms with E-state index in [-0.39, 0.29) is 18.1 Å². The van der Waals surface area contributed by atoms with Crippen LogP contribution in [0.3, 0.4) is 0 Å². The van der Waals surface area contributed by atoms with Crippen LogP contribution in [0.4, 0.5) is 13.2 Å². The molecular weight excluding hydrogens is 269 g/mol. The summed E-state index contributed by atoms with van der Waals surface area (Å²) in [7, 11) is 0. The van der Waals surface area contributed by atoms with Gasteiger partial charge in [-0.1, -0.05) is 20.8 Å². The standard InChI is InChI=1S/C14H27F3N2O/c1-13(2,3)7-11-6-12(18-10-14(15,16)17)9-19(8-11)4-5-20/h11-12,18,20H,4-10H2,1-3H3. The first-order valence-electron chi connectivity index (χ1n) is 7.22. The van der Waals surface area contributed by atoms with Crippen molar-refractivity contribution in [1.29, 1.82) is 0 Å². The Bertz CT molecular complexity index is 289. The van der Waals surface area contributed by atoms with Gasteiger partial charge in [0.25, 0.3) is 0 Å². The maximum absolute atomic E-state index is 12.3. The van der Waals surface area contributed by atoms with E-state index in [1.54, 1.807) is 0 Å². The number of alkyl halides is 3. The zero-order chi connectivity index (χ0) is 15.4. The van der Waals surface area contributed by atoms with Gasteiger partial charge in [-0.25, -0.2) is 0 Å². The number of rotatable bonds is 5. The molecule has 120 valence electrons. The largest absolute Gasteiger partial charge is 0.401 e. The molecule has 2 unspecified atom stereocenters. The van der Waals surface area contributed by atoms with Gasteiger partial charge < -0.3 is 10.4 Å². The molecule has 0 radical (unpaired) electrons. The van der Waals surface area contributed by atoms with Crippen molar-refractivity contribution in [2.75, 3.05) is 32.8 Å². The van der Waals surface area contributed by atoms with Crippen molar-refractivity contribution >= 4 is 0 Å². The number of hydrogen-bond donors (Lipinski definition) is 2. The molecule has 2 N–H and O–H groups in total. The Kier molecular flexibility index (Phi) is 6.28. The highest BCUT2D eigenvalue weighted by atomic mass is 19.4. The zero-order valence-corrected chi connectivity index (χ0v) is 12.6. The van der Waals surface area contributed by atoms with Gasteiger partial charge in [0.05, 0.1) is 13.2 Å². The molecule has 1 heterocycles. The van der Waals surface area contributed by atoms with Crippen LogP contribution >= 0.6 is 0 Å². The molecule has 0 amide bonds. The van der Waals surface area contributed by atoms with E-state index in [2.05, 4.69) is 31.0 Å². The number of nitrogens with zero attached hydrogens (tertiary/aromatic N) is 1. The van der Waals surface area contributed by atoms with Gasteiger partial charge in [-0.15, -0.1) is 0 Å².